The van der Waals surface area contributed by atoms with Crippen LogP contribution in [0.2, 0.25) is 0 Å². The zero-order chi connectivity index (χ0) is 20.9. The summed E-state index contributed by atoms with van der Waals surface area (Å²) in [5.41, 5.74) is 1.36. The Morgan fingerprint density at radius 3 is 2.18 bits per heavy atom. The van der Waals surface area contributed by atoms with Crippen molar-refractivity contribution in [2.45, 2.75) is 19.7 Å². The molecule has 0 aliphatic carbocycles. The number of ether oxygens (including phenoxy) is 2. The van der Waals surface area contributed by atoms with E-state index in [-0.39, 0.29) is 12.5 Å². The van der Waals surface area contributed by atoms with Gasteiger partial charge in [-0.05, 0) is 42.3 Å². The van der Waals surface area contributed by atoms with Gasteiger partial charge in [0.25, 0.3) is 7.37 Å². The van der Waals surface area contributed by atoms with Gasteiger partial charge in [0, 0.05) is 36.7 Å². The van der Waals surface area contributed by atoms with Gasteiger partial charge in [-0.25, -0.2) is 0 Å². The highest BCUT2D eigenvalue weighted by molar-refractivity contribution is 7.67. The van der Waals surface area contributed by atoms with Gasteiger partial charge in [0.15, 0.2) is 5.85 Å². The average molecular weight is 407 g/mol. The van der Waals surface area contributed by atoms with Crippen molar-refractivity contribution >= 4 is 18.4 Å². The van der Waals surface area contributed by atoms with Crippen molar-refractivity contribution in [1.29, 1.82) is 0 Å². The molecule has 0 heterocycles. The van der Waals surface area contributed by atoms with Crippen LogP contribution in [0.25, 0.3) is 0 Å². The number of methoxy groups -OCH3 is 2. The second-order valence-corrected chi connectivity index (χ2v) is 9.64. The number of benzene rings is 2. The van der Waals surface area contributed by atoms with Crippen molar-refractivity contribution in [2.24, 2.45) is 5.92 Å². The largest absolute Gasteiger partial charge is 0.497 e. The lowest BCUT2D eigenvalue weighted by molar-refractivity contribution is 0.199. The van der Waals surface area contributed by atoms with E-state index in [0.29, 0.717) is 22.4 Å². The number of hydrogen-bond acceptors (Lipinski definition) is 6. The topological polar surface area (TPSA) is 68.2 Å². The Bertz CT molecular complexity index is 820. The van der Waals surface area contributed by atoms with Crippen molar-refractivity contribution in [3.8, 4) is 11.5 Å². The van der Waals surface area contributed by atoms with Gasteiger partial charge in [-0.1, -0.05) is 13.8 Å². The predicted molar refractivity (Wildman–Crippen MR) is 113 cm³/mol. The van der Waals surface area contributed by atoms with E-state index in [1.807, 2.05) is 45.0 Å². The summed E-state index contributed by atoms with van der Waals surface area (Å²) in [7, 11) is 3.27. The normalized spacial score (nSPS) is 14.4. The Kier molecular flexibility index (Phi) is 7.53. The maximum Gasteiger partial charge on any atom is 0.264 e. The quantitative estimate of drug-likeness (QED) is 0.633. The van der Waals surface area contributed by atoms with Gasteiger partial charge in [-0.2, -0.15) is 0 Å². The third-order valence-corrected chi connectivity index (χ3v) is 6.84. The van der Waals surface area contributed by atoms with E-state index >= 15 is 0 Å². The third-order valence-electron chi connectivity index (χ3n) is 4.37. The zero-order valence-electron chi connectivity index (χ0n) is 17.4. The zero-order valence-corrected chi connectivity index (χ0v) is 18.3. The Balaban J connectivity index is 2.51. The highest BCUT2D eigenvalue weighted by Crippen LogP contribution is 2.59. The second kappa shape index (κ2) is 9.46. The van der Waals surface area contributed by atoms with Gasteiger partial charge >= 0.3 is 0 Å². The van der Waals surface area contributed by atoms with Gasteiger partial charge in [-0.15, -0.1) is 0 Å². The van der Waals surface area contributed by atoms with E-state index in [1.54, 1.807) is 37.4 Å². The Labute approximate surface area is 167 Å². The van der Waals surface area contributed by atoms with Gasteiger partial charge in [0.1, 0.15) is 11.5 Å². The minimum absolute atomic E-state index is 0.166. The fourth-order valence-corrected chi connectivity index (χ4v) is 4.96. The molecular weight excluding hydrogens is 377 g/mol. The Hall–Kier alpha value is -2.01. The molecule has 0 fully saturated rings. The number of aliphatic hydroxyl groups excluding tert-OH is 1. The smallest absolute Gasteiger partial charge is 0.264 e. The lowest BCUT2D eigenvalue weighted by Gasteiger charge is -2.27. The minimum Gasteiger partial charge on any atom is -0.497 e. The van der Waals surface area contributed by atoms with Crippen molar-refractivity contribution < 1.29 is 23.7 Å². The van der Waals surface area contributed by atoms with Crippen LogP contribution in [0.1, 0.15) is 25.3 Å². The van der Waals surface area contributed by atoms with Crippen molar-refractivity contribution in [3.63, 3.8) is 0 Å². The molecule has 2 rings (SSSR count). The fraction of sp³-hybridized carbons (Fsp3) is 0.429. The molecule has 0 aliphatic heterocycles. The Morgan fingerprint density at radius 2 is 1.68 bits per heavy atom. The predicted octanol–water partition coefficient (Wildman–Crippen LogP) is 4.04. The van der Waals surface area contributed by atoms with Crippen LogP contribution >= 0.6 is 7.37 Å². The van der Waals surface area contributed by atoms with Crippen LogP contribution in [0.3, 0.4) is 0 Å². The first-order valence-electron chi connectivity index (χ1n) is 9.15. The standard InChI is InChI=1S/C21H30NO5P/c1-15(2)14-27-28(24,18-10-7-16(8-11-18)22(3)4)21(23)19-12-9-17(25-5)13-20(19)26-6/h7-13,15,21,23H,14H2,1-6H3/t21-,28-/m0/s1. The summed E-state index contributed by atoms with van der Waals surface area (Å²) in [6.45, 7) is 4.21. The van der Waals surface area contributed by atoms with Crippen molar-refractivity contribution in [3.05, 3.63) is 48.0 Å². The molecule has 0 saturated carbocycles. The first-order valence-corrected chi connectivity index (χ1v) is 10.8. The van der Waals surface area contributed by atoms with E-state index in [9.17, 15) is 9.67 Å². The first kappa shape index (κ1) is 22.3. The van der Waals surface area contributed by atoms with Crippen LogP contribution in [0.15, 0.2) is 42.5 Å². The molecule has 6 nitrogen and oxygen atoms in total. The molecule has 2 atom stereocenters. The fourth-order valence-electron chi connectivity index (χ4n) is 2.72. The molecule has 0 unspecified atom stereocenters. The molecule has 0 bridgehead atoms. The number of rotatable bonds is 9. The van der Waals surface area contributed by atoms with Crippen LogP contribution < -0.4 is 19.7 Å². The van der Waals surface area contributed by atoms with Gasteiger partial charge in [0.05, 0.1) is 20.8 Å². The van der Waals surface area contributed by atoms with Crippen molar-refractivity contribution in [2.75, 3.05) is 39.8 Å². The molecule has 0 saturated heterocycles. The third kappa shape index (κ3) is 4.88. The molecule has 28 heavy (non-hydrogen) atoms. The highest BCUT2D eigenvalue weighted by atomic mass is 31.2. The minimum atomic E-state index is -3.64. The number of aliphatic hydroxyl groups is 1. The lowest BCUT2D eigenvalue weighted by Crippen LogP contribution is -2.18. The molecule has 1 N–H and O–H groups in total. The summed E-state index contributed by atoms with van der Waals surface area (Å²) in [5.74, 6) is -0.220. The summed E-state index contributed by atoms with van der Waals surface area (Å²) >= 11 is 0. The molecule has 0 aliphatic rings. The van der Waals surface area contributed by atoms with E-state index in [0.717, 1.165) is 5.69 Å². The summed E-state index contributed by atoms with van der Waals surface area (Å²) in [5, 5.41) is 11.6. The van der Waals surface area contributed by atoms with Crippen LogP contribution in [-0.2, 0) is 9.09 Å². The molecule has 7 heteroatoms. The highest BCUT2D eigenvalue weighted by Gasteiger charge is 2.38. The monoisotopic (exact) mass is 407 g/mol. The van der Waals surface area contributed by atoms with Crippen LogP contribution in [0.4, 0.5) is 5.69 Å². The summed E-state index contributed by atoms with van der Waals surface area (Å²) in [6.07, 6.45) is 0. The van der Waals surface area contributed by atoms with Gasteiger partial charge in [0.2, 0.25) is 0 Å². The van der Waals surface area contributed by atoms with Crippen LogP contribution in [0.5, 0.6) is 11.5 Å². The maximum atomic E-state index is 14.0. The van der Waals surface area contributed by atoms with E-state index < -0.39 is 13.2 Å². The number of nitrogens with zero attached hydrogens (tertiary/aromatic N) is 1. The Morgan fingerprint density at radius 1 is 1.04 bits per heavy atom. The molecule has 0 spiro atoms. The van der Waals surface area contributed by atoms with E-state index in [1.165, 1.54) is 7.11 Å². The number of anilines is 1. The SMILES string of the molecule is COc1ccc([C@@H](O)[P@@](=O)(OCC(C)C)c2ccc(N(C)C)cc2)c(OC)c1. The van der Waals surface area contributed by atoms with E-state index in [2.05, 4.69) is 0 Å². The first-order chi connectivity index (χ1) is 13.2. The summed E-state index contributed by atoms with van der Waals surface area (Å²) in [6, 6.07) is 12.2. The van der Waals surface area contributed by atoms with Crippen LogP contribution in [-0.4, -0.2) is 40.0 Å². The lowest BCUT2D eigenvalue weighted by atomic mass is 10.2. The molecule has 154 valence electrons. The average Bonchev–Trinajstić information content (AvgIpc) is 2.70. The number of hydrogen-bond donors (Lipinski definition) is 1. The molecule has 0 amide bonds. The summed E-state index contributed by atoms with van der Waals surface area (Å²) in [4.78, 5) is 1.95. The molecule has 2 aromatic carbocycles. The molecule has 2 aromatic rings. The van der Waals surface area contributed by atoms with Gasteiger partial charge in [-0.3, -0.25) is 4.57 Å². The van der Waals surface area contributed by atoms with Gasteiger partial charge < -0.3 is 24.0 Å². The van der Waals surface area contributed by atoms with Crippen molar-refractivity contribution in [1.82, 2.24) is 0 Å². The van der Waals surface area contributed by atoms with E-state index in [4.69, 9.17) is 14.0 Å². The second-order valence-electron chi connectivity index (χ2n) is 7.18. The maximum absolute atomic E-state index is 14.0. The molecule has 0 aromatic heterocycles. The molecular formula is C21H30NO5P. The molecule has 0 radical (unpaired) electrons. The summed E-state index contributed by atoms with van der Waals surface area (Å²) < 4.78 is 30.4. The van der Waals surface area contributed by atoms with Crippen LogP contribution in [0, 0.1) is 5.92 Å².